The van der Waals surface area contributed by atoms with Crippen LogP contribution in [-0.4, -0.2) is 48.5 Å². The lowest BCUT2D eigenvalue weighted by Gasteiger charge is -2.41. The Labute approximate surface area is 148 Å². The summed E-state index contributed by atoms with van der Waals surface area (Å²) < 4.78 is 5.40. The number of piperidine rings is 1. The number of hydrogen-bond acceptors (Lipinski definition) is 4. The van der Waals surface area contributed by atoms with Gasteiger partial charge >= 0.3 is 5.97 Å². The number of thioether (sulfide) groups is 1. The van der Waals surface area contributed by atoms with Crippen LogP contribution in [0.4, 0.5) is 0 Å². The minimum absolute atomic E-state index is 0.112. The molecule has 0 N–H and O–H groups in total. The van der Waals surface area contributed by atoms with E-state index in [1.165, 1.54) is 17.3 Å². The molecule has 1 saturated heterocycles. The first kappa shape index (κ1) is 18.8. The Morgan fingerprint density at radius 2 is 2.08 bits per heavy atom. The molecule has 0 bridgehead atoms. The first-order chi connectivity index (χ1) is 11.5. The van der Waals surface area contributed by atoms with Gasteiger partial charge in [0.25, 0.3) is 0 Å². The third-order valence-electron chi connectivity index (χ3n) is 4.70. The predicted molar refractivity (Wildman–Crippen MR) is 98.1 cm³/mol. The Bertz CT molecular complexity index is 590. The van der Waals surface area contributed by atoms with Crippen LogP contribution in [0.1, 0.15) is 30.9 Å². The van der Waals surface area contributed by atoms with Gasteiger partial charge in [-0.05, 0) is 50.5 Å². The van der Waals surface area contributed by atoms with Crippen LogP contribution < -0.4 is 0 Å². The van der Waals surface area contributed by atoms with E-state index >= 15 is 0 Å². The van der Waals surface area contributed by atoms with E-state index in [-0.39, 0.29) is 11.9 Å². The van der Waals surface area contributed by atoms with Crippen LogP contribution in [0.3, 0.4) is 0 Å². The molecular weight excluding hydrogens is 322 g/mol. The number of benzene rings is 1. The van der Waals surface area contributed by atoms with E-state index in [9.17, 15) is 9.59 Å². The average molecular weight is 349 g/mol. The smallest absolute Gasteiger partial charge is 0.314 e. The van der Waals surface area contributed by atoms with E-state index in [0.717, 1.165) is 24.9 Å². The number of amides is 1. The van der Waals surface area contributed by atoms with Crippen molar-refractivity contribution in [2.24, 2.45) is 5.41 Å². The summed E-state index contributed by atoms with van der Waals surface area (Å²) in [5.74, 6) is 0.402. The molecule has 1 unspecified atom stereocenters. The molecule has 1 aliphatic rings. The summed E-state index contributed by atoms with van der Waals surface area (Å²) in [7, 11) is 0. The van der Waals surface area contributed by atoms with Gasteiger partial charge in [-0.15, -0.1) is 0 Å². The number of ether oxygens (including phenoxy) is 1. The zero-order chi connectivity index (χ0) is 17.6. The van der Waals surface area contributed by atoms with Crippen LogP contribution >= 0.6 is 11.8 Å². The van der Waals surface area contributed by atoms with Crippen LogP contribution in [0, 0.1) is 12.3 Å². The second-order valence-corrected chi connectivity index (χ2v) is 7.32. The van der Waals surface area contributed by atoms with Crippen LogP contribution in [0.15, 0.2) is 24.3 Å². The van der Waals surface area contributed by atoms with Crippen LogP contribution in [0.25, 0.3) is 0 Å². The highest BCUT2D eigenvalue weighted by Gasteiger charge is 2.44. The van der Waals surface area contributed by atoms with E-state index in [0.29, 0.717) is 25.3 Å². The first-order valence-corrected chi connectivity index (χ1v) is 9.90. The quantitative estimate of drug-likeness (QED) is 0.741. The van der Waals surface area contributed by atoms with Gasteiger partial charge in [0.05, 0.1) is 17.8 Å². The lowest BCUT2D eigenvalue weighted by Crippen LogP contribution is -2.52. The third-order valence-corrected chi connectivity index (χ3v) is 5.23. The summed E-state index contributed by atoms with van der Waals surface area (Å²) in [5, 5.41) is 0. The van der Waals surface area contributed by atoms with Gasteiger partial charge in [-0.3, -0.25) is 9.59 Å². The summed E-state index contributed by atoms with van der Waals surface area (Å²) in [6, 6.07) is 8.14. The van der Waals surface area contributed by atoms with Crippen LogP contribution in [0.5, 0.6) is 0 Å². The van der Waals surface area contributed by atoms with Gasteiger partial charge in [0.2, 0.25) is 5.91 Å². The van der Waals surface area contributed by atoms with Gasteiger partial charge in [0.15, 0.2) is 0 Å². The van der Waals surface area contributed by atoms with Gasteiger partial charge < -0.3 is 9.64 Å². The number of likely N-dealkylation sites (tertiary alicyclic amines) is 1. The van der Waals surface area contributed by atoms with E-state index in [1.807, 2.05) is 30.2 Å². The van der Waals surface area contributed by atoms with E-state index < -0.39 is 5.41 Å². The normalized spacial score (nSPS) is 20.7. The maximum atomic E-state index is 12.8. The Morgan fingerprint density at radius 3 is 2.75 bits per heavy atom. The number of hydrogen-bond donors (Lipinski definition) is 0. The highest BCUT2D eigenvalue weighted by atomic mass is 32.2. The zero-order valence-corrected chi connectivity index (χ0v) is 15.7. The van der Waals surface area contributed by atoms with Crippen molar-refractivity contribution in [2.45, 2.75) is 33.1 Å². The molecule has 0 saturated carbocycles. The SMILES string of the molecule is CCOC(=O)C1(Cc2ccccc2C)CCCN(C(=O)CSC)C1. The summed E-state index contributed by atoms with van der Waals surface area (Å²) in [5.41, 5.74) is 1.70. The lowest BCUT2D eigenvalue weighted by molar-refractivity contribution is -0.160. The van der Waals surface area contributed by atoms with Gasteiger partial charge in [-0.25, -0.2) is 0 Å². The Kier molecular flexibility index (Phi) is 6.72. The van der Waals surface area contributed by atoms with E-state index in [2.05, 4.69) is 19.1 Å². The molecule has 1 aromatic rings. The molecule has 0 aliphatic carbocycles. The van der Waals surface area contributed by atoms with Gasteiger partial charge in [0, 0.05) is 13.1 Å². The molecule has 1 fully saturated rings. The predicted octanol–water partition coefficient (Wildman–Crippen LogP) is 3.07. The number of esters is 1. The number of carbonyl (C=O) groups excluding carboxylic acids is 2. The number of rotatable bonds is 6. The van der Waals surface area contributed by atoms with Crippen LogP contribution in [0.2, 0.25) is 0 Å². The third kappa shape index (κ3) is 4.32. The molecule has 1 aliphatic heterocycles. The van der Waals surface area contributed by atoms with E-state index in [1.54, 1.807) is 0 Å². The lowest BCUT2D eigenvalue weighted by atomic mass is 9.74. The molecule has 4 nitrogen and oxygen atoms in total. The largest absolute Gasteiger partial charge is 0.466 e. The zero-order valence-electron chi connectivity index (χ0n) is 14.8. The summed E-state index contributed by atoms with van der Waals surface area (Å²) in [4.78, 5) is 27.0. The molecule has 2 rings (SSSR count). The molecule has 0 spiro atoms. The monoisotopic (exact) mass is 349 g/mol. The average Bonchev–Trinajstić information content (AvgIpc) is 2.57. The Balaban J connectivity index is 2.28. The molecule has 132 valence electrons. The van der Waals surface area contributed by atoms with Crippen LogP contribution in [-0.2, 0) is 20.7 Å². The maximum Gasteiger partial charge on any atom is 0.314 e. The number of aryl methyl sites for hydroxylation is 1. The Hall–Kier alpha value is -1.49. The van der Waals surface area contributed by atoms with Crippen molar-refractivity contribution < 1.29 is 14.3 Å². The molecule has 1 atom stereocenters. The molecule has 1 heterocycles. The van der Waals surface area contributed by atoms with Gasteiger partial charge in [0.1, 0.15) is 0 Å². The van der Waals surface area contributed by atoms with Crippen molar-refractivity contribution in [3.63, 3.8) is 0 Å². The molecular formula is C19H27NO3S. The Morgan fingerprint density at radius 1 is 1.33 bits per heavy atom. The first-order valence-electron chi connectivity index (χ1n) is 8.51. The van der Waals surface area contributed by atoms with Crippen molar-refractivity contribution in [1.29, 1.82) is 0 Å². The number of carbonyl (C=O) groups is 2. The van der Waals surface area contributed by atoms with E-state index in [4.69, 9.17) is 4.74 Å². The summed E-state index contributed by atoms with van der Waals surface area (Å²) >= 11 is 1.52. The standard InChI is InChI=1S/C19H27NO3S/c1-4-23-18(22)19(12-16-9-6-5-8-15(16)2)10-7-11-20(14-19)17(21)13-24-3/h5-6,8-9H,4,7,10-14H2,1-3H3. The second-order valence-electron chi connectivity index (χ2n) is 6.46. The van der Waals surface area contributed by atoms with Crippen molar-refractivity contribution in [3.05, 3.63) is 35.4 Å². The fourth-order valence-electron chi connectivity index (χ4n) is 3.40. The minimum Gasteiger partial charge on any atom is -0.466 e. The maximum absolute atomic E-state index is 12.8. The molecule has 5 heteroatoms. The summed E-state index contributed by atoms with van der Waals surface area (Å²) in [6.07, 6.45) is 4.16. The molecule has 1 aromatic carbocycles. The fourth-order valence-corrected chi connectivity index (χ4v) is 3.83. The topological polar surface area (TPSA) is 46.6 Å². The van der Waals surface area contributed by atoms with Gasteiger partial charge in [-0.2, -0.15) is 11.8 Å². The van der Waals surface area contributed by atoms with Crippen molar-refractivity contribution in [1.82, 2.24) is 4.90 Å². The number of nitrogens with zero attached hydrogens (tertiary/aromatic N) is 1. The van der Waals surface area contributed by atoms with Crippen molar-refractivity contribution in [2.75, 3.05) is 31.7 Å². The van der Waals surface area contributed by atoms with Crippen molar-refractivity contribution >= 4 is 23.6 Å². The summed E-state index contributed by atoms with van der Waals surface area (Å²) in [6.45, 7) is 5.45. The fraction of sp³-hybridized carbons (Fsp3) is 0.579. The van der Waals surface area contributed by atoms with Crippen molar-refractivity contribution in [3.8, 4) is 0 Å². The second kappa shape index (κ2) is 8.56. The highest BCUT2D eigenvalue weighted by Crippen LogP contribution is 2.36. The molecule has 1 amide bonds. The minimum atomic E-state index is -0.631. The molecule has 24 heavy (non-hydrogen) atoms. The van der Waals surface area contributed by atoms with Gasteiger partial charge in [-0.1, -0.05) is 24.3 Å². The molecule has 0 aromatic heterocycles. The molecule has 0 radical (unpaired) electrons. The highest BCUT2D eigenvalue weighted by molar-refractivity contribution is 7.99.